The molecule has 40 heavy (non-hydrogen) atoms. The van der Waals surface area contributed by atoms with E-state index in [1.54, 1.807) is 28.7 Å². The summed E-state index contributed by atoms with van der Waals surface area (Å²) >= 11 is 1.27. The number of fused-ring (bicyclic) bond motifs is 1. The third-order valence-corrected chi connectivity index (χ3v) is 7.60. The van der Waals surface area contributed by atoms with Crippen LogP contribution in [0.25, 0.3) is 6.08 Å². The van der Waals surface area contributed by atoms with Crippen LogP contribution >= 0.6 is 11.3 Å². The van der Waals surface area contributed by atoms with Crippen LogP contribution in [0.15, 0.2) is 63.5 Å². The first-order valence-corrected chi connectivity index (χ1v) is 14.0. The fourth-order valence-electron chi connectivity index (χ4n) is 4.74. The molecular formula is C31H33N3O5S. The number of para-hydroxylation sites is 1. The number of amides is 1. The van der Waals surface area contributed by atoms with E-state index in [1.165, 1.54) is 11.3 Å². The molecule has 8 nitrogen and oxygen atoms in total. The Morgan fingerprint density at radius 3 is 2.55 bits per heavy atom. The van der Waals surface area contributed by atoms with Crippen LogP contribution in [-0.2, 0) is 4.79 Å². The van der Waals surface area contributed by atoms with Gasteiger partial charge in [-0.1, -0.05) is 41.5 Å². The minimum absolute atomic E-state index is 0.120. The van der Waals surface area contributed by atoms with E-state index in [4.69, 9.17) is 25.6 Å². The molecule has 1 aliphatic rings. The second-order valence-corrected chi connectivity index (χ2v) is 9.94. The van der Waals surface area contributed by atoms with Crippen molar-refractivity contribution in [2.75, 3.05) is 33.4 Å². The quantitative estimate of drug-likeness (QED) is 0.355. The van der Waals surface area contributed by atoms with E-state index in [-0.39, 0.29) is 18.1 Å². The molecule has 208 valence electrons. The van der Waals surface area contributed by atoms with E-state index < -0.39 is 6.04 Å². The predicted molar refractivity (Wildman–Crippen MR) is 157 cm³/mol. The molecular weight excluding hydrogens is 526 g/mol. The number of carbonyl (C=O) groups is 1. The van der Waals surface area contributed by atoms with Gasteiger partial charge in [-0.05, 0) is 57.5 Å². The minimum atomic E-state index is -0.693. The van der Waals surface area contributed by atoms with Gasteiger partial charge in [0.15, 0.2) is 16.3 Å². The Labute approximate surface area is 237 Å². The Bertz CT molecular complexity index is 1660. The average molecular weight is 560 g/mol. The van der Waals surface area contributed by atoms with Gasteiger partial charge in [-0.25, -0.2) is 4.99 Å². The third-order valence-electron chi connectivity index (χ3n) is 6.61. The van der Waals surface area contributed by atoms with Crippen molar-refractivity contribution in [2.24, 2.45) is 4.99 Å². The summed E-state index contributed by atoms with van der Waals surface area (Å²) in [5.41, 5.74) is 2.26. The van der Waals surface area contributed by atoms with E-state index >= 15 is 0 Å². The van der Waals surface area contributed by atoms with Crippen LogP contribution in [0, 0.1) is 12.3 Å². The summed E-state index contributed by atoms with van der Waals surface area (Å²) in [5.74, 6) is 3.96. The lowest BCUT2D eigenvalue weighted by molar-refractivity contribution is -0.127. The van der Waals surface area contributed by atoms with Crippen LogP contribution < -0.4 is 29.1 Å². The summed E-state index contributed by atoms with van der Waals surface area (Å²) in [6.07, 6.45) is 7.13. The number of thiazole rings is 1. The summed E-state index contributed by atoms with van der Waals surface area (Å²) in [6.45, 7) is 9.21. The molecule has 0 unspecified atom stereocenters. The number of nitrogens with zero attached hydrogens (tertiary/aromatic N) is 3. The Morgan fingerprint density at radius 1 is 1.12 bits per heavy atom. The second-order valence-electron chi connectivity index (χ2n) is 8.93. The molecule has 1 aromatic heterocycles. The molecule has 0 bridgehead atoms. The predicted octanol–water partition coefficient (Wildman–Crippen LogP) is 3.52. The van der Waals surface area contributed by atoms with E-state index in [0.717, 1.165) is 11.1 Å². The number of allylic oxidation sites excluding steroid dienone is 1. The van der Waals surface area contributed by atoms with Gasteiger partial charge in [-0.2, -0.15) is 0 Å². The van der Waals surface area contributed by atoms with Gasteiger partial charge in [-0.15, -0.1) is 6.42 Å². The van der Waals surface area contributed by atoms with Gasteiger partial charge in [0.05, 0.1) is 29.5 Å². The van der Waals surface area contributed by atoms with Crippen molar-refractivity contribution < 1.29 is 19.0 Å². The van der Waals surface area contributed by atoms with Crippen molar-refractivity contribution in [3.63, 3.8) is 0 Å². The van der Waals surface area contributed by atoms with Crippen molar-refractivity contribution in [3.8, 4) is 29.6 Å². The summed E-state index contributed by atoms with van der Waals surface area (Å²) in [7, 11) is 1.58. The first-order valence-electron chi connectivity index (χ1n) is 13.2. The van der Waals surface area contributed by atoms with Gasteiger partial charge in [0, 0.05) is 18.7 Å². The zero-order chi connectivity index (χ0) is 28.8. The largest absolute Gasteiger partial charge is 0.496 e. The number of hydrogen-bond donors (Lipinski definition) is 0. The molecule has 0 saturated carbocycles. The van der Waals surface area contributed by atoms with Gasteiger partial charge >= 0.3 is 0 Å². The van der Waals surface area contributed by atoms with Crippen LogP contribution in [0.2, 0.25) is 0 Å². The standard InChI is InChI=1S/C31H33N3O5S/c1-7-17-39-24-16-15-21(18-25(24)38-10-4)19-26-29(35)34-28(22-13-11-12-14-23(22)37-6)27(20(5)32-31(34)40-26)30(36)33(8-2)9-3/h1,11-16,18-19,28H,8-10,17H2,2-6H3/b26-19+/t28-/m1/s1. The monoisotopic (exact) mass is 559 g/mol. The molecule has 2 aromatic carbocycles. The Balaban J connectivity index is 1.92. The molecule has 0 fully saturated rings. The number of terminal acetylenes is 1. The first-order chi connectivity index (χ1) is 19.4. The molecule has 0 spiro atoms. The summed E-state index contributed by atoms with van der Waals surface area (Å²) in [5, 5.41) is 0. The highest BCUT2D eigenvalue weighted by Crippen LogP contribution is 2.36. The van der Waals surface area contributed by atoms with E-state index in [0.29, 0.717) is 57.5 Å². The topological polar surface area (TPSA) is 82.4 Å². The second kappa shape index (κ2) is 12.7. The SMILES string of the molecule is C#CCOc1ccc(/C=c2/sc3n(c2=O)[C@H](c2ccccc2OC)C(C(=O)N(CC)CC)=C(C)N=3)cc1OCC. The van der Waals surface area contributed by atoms with Crippen molar-refractivity contribution in [2.45, 2.75) is 33.7 Å². The van der Waals surface area contributed by atoms with Gasteiger partial charge in [0.2, 0.25) is 0 Å². The normalized spacial score (nSPS) is 14.7. The highest BCUT2D eigenvalue weighted by molar-refractivity contribution is 7.07. The minimum Gasteiger partial charge on any atom is -0.496 e. The number of carbonyl (C=O) groups excluding carboxylic acids is 1. The van der Waals surface area contributed by atoms with Crippen LogP contribution in [0.1, 0.15) is 44.9 Å². The fourth-order valence-corrected chi connectivity index (χ4v) is 5.78. The zero-order valence-electron chi connectivity index (χ0n) is 23.4. The Morgan fingerprint density at radius 2 is 1.88 bits per heavy atom. The highest BCUT2D eigenvalue weighted by Gasteiger charge is 2.35. The maximum absolute atomic E-state index is 14.0. The van der Waals surface area contributed by atoms with Crippen molar-refractivity contribution in [1.29, 1.82) is 0 Å². The van der Waals surface area contributed by atoms with Crippen LogP contribution in [-0.4, -0.2) is 48.8 Å². The van der Waals surface area contributed by atoms with Crippen LogP contribution in [0.4, 0.5) is 0 Å². The smallest absolute Gasteiger partial charge is 0.271 e. The molecule has 2 heterocycles. The fraction of sp³-hybridized carbons (Fsp3) is 0.323. The lowest BCUT2D eigenvalue weighted by Crippen LogP contribution is -2.43. The molecule has 0 saturated heterocycles. The van der Waals surface area contributed by atoms with Gasteiger partial charge in [-0.3, -0.25) is 14.2 Å². The van der Waals surface area contributed by atoms with E-state index in [2.05, 4.69) is 5.92 Å². The van der Waals surface area contributed by atoms with Gasteiger partial charge < -0.3 is 19.1 Å². The number of rotatable bonds is 10. The molecule has 9 heteroatoms. The molecule has 3 aromatic rings. The Kier molecular flexibility index (Phi) is 9.12. The third kappa shape index (κ3) is 5.54. The average Bonchev–Trinajstić information content (AvgIpc) is 3.26. The van der Waals surface area contributed by atoms with Gasteiger partial charge in [0.1, 0.15) is 18.4 Å². The molecule has 4 rings (SSSR count). The number of ether oxygens (including phenoxy) is 3. The summed E-state index contributed by atoms with van der Waals surface area (Å²) < 4.78 is 19.1. The molecule has 1 amide bonds. The van der Waals surface area contributed by atoms with Crippen molar-refractivity contribution in [3.05, 3.63) is 84.5 Å². The molecule has 1 atom stereocenters. The molecule has 0 aliphatic carbocycles. The molecule has 0 radical (unpaired) electrons. The highest BCUT2D eigenvalue weighted by atomic mass is 32.1. The number of likely N-dealkylation sites (N-methyl/N-ethyl adjacent to an activating group) is 1. The number of methoxy groups -OCH3 is 1. The lowest BCUT2D eigenvalue weighted by atomic mass is 9.94. The number of hydrogen-bond acceptors (Lipinski definition) is 7. The number of benzene rings is 2. The van der Waals surface area contributed by atoms with Crippen molar-refractivity contribution >= 4 is 23.3 Å². The first kappa shape index (κ1) is 28.7. The van der Waals surface area contributed by atoms with Crippen LogP contribution in [0.5, 0.6) is 17.2 Å². The molecule has 1 aliphatic heterocycles. The summed E-state index contributed by atoms with van der Waals surface area (Å²) in [4.78, 5) is 34.8. The maximum Gasteiger partial charge on any atom is 0.271 e. The zero-order valence-corrected chi connectivity index (χ0v) is 24.2. The van der Waals surface area contributed by atoms with Gasteiger partial charge in [0.25, 0.3) is 11.5 Å². The number of aromatic nitrogens is 1. The van der Waals surface area contributed by atoms with Crippen LogP contribution in [0.3, 0.4) is 0 Å². The van der Waals surface area contributed by atoms with E-state index in [1.807, 2.05) is 64.1 Å². The van der Waals surface area contributed by atoms with E-state index in [9.17, 15) is 9.59 Å². The molecule has 0 N–H and O–H groups in total. The Hall–Kier alpha value is -4.29. The maximum atomic E-state index is 14.0. The van der Waals surface area contributed by atoms with Crippen molar-refractivity contribution in [1.82, 2.24) is 9.47 Å². The lowest BCUT2D eigenvalue weighted by Gasteiger charge is -2.29. The summed E-state index contributed by atoms with van der Waals surface area (Å²) in [6, 6.07) is 12.2.